The van der Waals surface area contributed by atoms with Crippen LogP contribution < -0.4 is 16.0 Å². The number of rotatable bonds is 5. The summed E-state index contributed by atoms with van der Waals surface area (Å²) in [6.07, 6.45) is 5.31. The van der Waals surface area contributed by atoms with Crippen molar-refractivity contribution in [3.63, 3.8) is 0 Å². The molecule has 10 heteroatoms. The number of hydrogen-bond donors (Lipinski definition) is 2. The normalized spacial score (nSPS) is 15.3. The van der Waals surface area contributed by atoms with Gasteiger partial charge in [0.25, 0.3) is 0 Å². The minimum Gasteiger partial charge on any atom is -0.358 e. The fraction of sp³-hybridized carbons (Fsp3) is 0.308. The van der Waals surface area contributed by atoms with Crippen LogP contribution in [0.15, 0.2) is 48.8 Å². The summed E-state index contributed by atoms with van der Waals surface area (Å²) in [5.74, 6) is 0.934. The molecule has 1 aliphatic rings. The van der Waals surface area contributed by atoms with Gasteiger partial charge in [-0.3, -0.25) is 9.48 Å². The Morgan fingerprint density at radius 1 is 1.11 bits per heavy atom. The largest absolute Gasteiger partial charge is 0.358 e. The maximum absolute atomic E-state index is 12.0. The number of nitrogens with two attached hydrogens (primary N) is 1. The number of carbonyl (C=O) groups excluding carboxylic acids is 1. The molecule has 1 atom stereocenters. The highest BCUT2D eigenvalue weighted by Crippen LogP contribution is 2.39. The fourth-order valence-corrected chi connectivity index (χ4v) is 5.43. The van der Waals surface area contributed by atoms with E-state index in [4.69, 9.17) is 38.9 Å². The van der Waals surface area contributed by atoms with Crippen molar-refractivity contribution in [2.75, 3.05) is 25.0 Å². The molecule has 0 saturated carbocycles. The number of benzene rings is 1. The molecule has 0 spiro atoms. The summed E-state index contributed by atoms with van der Waals surface area (Å²) in [6.45, 7) is 1.55. The molecule has 1 saturated heterocycles. The van der Waals surface area contributed by atoms with Gasteiger partial charge in [0.1, 0.15) is 17.2 Å². The van der Waals surface area contributed by atoms with Gasteiger partial charge < -0.3 is 16.0 Å². The van der Waals surface area contributed by atoms with Gasteiger partial charge in [-0.05, 0) is 42.3 Å². The van der Waals surface area contributed by atoms with E-state index in [2.05, 4.69) is 21.4 Å². The van der Waals surface area contributed by atoms with E-state index in [1.165, 1.54) is 0 Å². The summed E-state index contributed by atoms with van der Waals surface area (Å²) in [5, 5.41) is 10.0. The lowest BCUT2D eigenvalue weighted by Crippen LogP contribution is -2.48. The number of nitrogens with one attached hydrogen (secondary N) is 1. The van der Waals surface area contributed by atoms with Crippen molar-refractivity contribution in [1.29, 1.82) is 0 Å². The number of nitrogens with zero attached hydrogens (tertiary/aromatic N) is 5. The van der Waals surface area contributed by atoms with Crippen LogP contribution in [0.5, 0.6) is 0 Å². The monoisotopic (exact) mass is 523 g/mol. The smallest absolute Gasteiger partial charge is 0.236 e. The molecular weight excluding hydrogens is 497 g/mol. The van der Waals surface area contributed by atoms with E-state index in [1.54, 1.807) is 17.8 Å². The molecule has 3 aromatic heterocycles. The Bertz CT molecular complexity index is 1430. The van der Waals surface area contributed by atoms with Crippen LogP contribution in [-0.2, 0) is 11.8 Å². The molecule has 4 aromatic rings. The van der Waals surface area contributed by atoms with Crippen LogP contribution >= 0.6 is 23.2 Å². The van der Waals surface area contributed by atoms with Crippen molar-refractivity contribution in [2.24, 2.45) is 18.7 Å². The quantitative estimate of drug-likeness (QED) is 0.404. The van der Waals surface area contributed by atoms with Crippen LogP contribution in [0.3, 0.4) is 0 Å². The molecule has 4 heterocycles. The van der Waals surface area contributed by atoms with Gasteiger partial charge in [0.2, 0.25) is 5.91 Å². The third-order valence-electron chi connectivity index (χ3n) is 6.82. The first kappa shape index (κ1) is 24.5. The number of amides is 1. The molecular formula is C26H27Cl2N7O. The molecule has 8 nitrogen and oxygen atoms in total. The lowest BCUT2D eigenvalue weighted by atomic mass is 9.89. The zero-order chi connectivity index (χ0) is 25.4. The van der Waals surface area contributed by atoms with Crippen LogP contribution in [0.1, 0.15) is 12.8 Å². The maximum Gasteiger partial charge on any atom is 0.236 e. The number of halogens is 2. The molecule has 1 aromatic carbocycles. The van der Waals surface area contributed by atoms with Gasteiger partial charge in [0.15, 0.2) is 0 Å². The number of aryl methyl sites for hydroxylation is 1. The van der Waals surface area contributed by atoms with Gasteiger partial charge >= 0.3 is 0 Å². The number of anilines is 1. The highest BCUT2D eigenvalue weighted by atomic mass is 35.5. The lowest BCUT2D eigenvalue weighted by molar-refractivity contribution is -0.123. The predicted octanol–water partition coefficient (Wildman–Crippen LogP) is 4.29. The van der Waals surface area contributed by atoms with Crippen LogP contribution in [0.25, 0.3) is 33.4 Å². The van der Waals surface area contributed by atoms with Gasteiger partial charge in [-0.25, -0.2) is 9.97 Å². The number of aromatic nitrogens is 4. The van der Waals surface area contributed by atoms with Crippen molar-refractivity contribution in [3.8, 4) is 22.6 Å². The van der Waals surface area contributed by atoms with E-state index >= 15 is 0 Å². The van der Waals surface area contributed by atoms with E-state index in [0.717, 1.165) is 48.1 Å². The Morgan fingerprint density at radius 3 is 2.56 bits per heavy atom. The van der Waals surface area contributed by atoms with Crippen molar-refractivity contribution in [1.82, 2.24) is 25.1 Å². The first-order valence-corrected chi connectivity index (χ1v) is 12.6. The van der Waals surface area contributed by atoms with Gasteiger partial charge in [0.05, 0.1) is 21.8 Å². The van der Waals surface area contributed by atoms with E-state index in [0.29, 0.717) is 27.1 Å². The average molecular weight is 524 g/mol. The summed E-state index contributed by atoms with van der Waals surface area (Å²) in [6, 6.07) is 11.1. The molecule has 186 valence electrons. The van der Waals surface area contributed by atoms with Crippen LogP contribution in [0, 0.1) is 5.92 Å². The van der Waals surface area contributed by atoms with Crippen molar-refractivity contribution in [2.45, 2.75) is 18.9 Å². The number of likely N-dealkylation sites (N-methyl/N-ethyl adjacent to an activating group) is 1. The Hall–Kier alpha value is -3.20. The van der Waals surface area contributed by atoms with Gasteiger partial charge in [-0.2, -0.15) is 5.10 Å². The lowest BCUT2D eigenvalue weighted by Gasteiger charge is -2.35. The first-order valence-electron chi connectivity index (χ1n) is 11.8. The Labute approximate surface area is 219 Å². The number of carbonyl (C=O) groups is 1. The maximum atomic E-state index is 12.0. The van der Waals surface area contributed by atoms with E-state index in [1.807, 2.05) is 43.7 Å². The standard InChI is InChI=1S/C26H27Cl2N7O/c1-30-26(36)22(29)15-7-12-35(13-8-15)25-18-5-3-4-17(16(18)6-10-31-25)23-19(27)14-20(28)24(32-23)21-9-11-34(2)33-21/h3-6,9-11,14-15,22H,7-8,12-13,29H2,1-2H3,(H,30,36)/t22-/m0/s1. The highest BCUT2D eigenvalue weighted by molar-refractivity contribution is 6.37. The molecule has 0 aliphatic carbocycles. The second-order valence-corrected chi connectivity index (χ2v) is 9.84. The third kappa shape index (κ3) is 4.52. The molecule has 0 radical (unpaired) electrons. The topological polar surface area (TPSA) is 102 Å². The van der Waals surface area contributed by atoms with Crippen molar-refractivity contribution >= 4 is 45.7 Å². The Balaban J connectivity index is 1.51. The minimum absolute atomic E-state index is 0.112. The van der Waals surface area contributed by atoms with E-state index in [-0.39, 0.29) is 11.8 Å². The third-order valence-corrected chi connectivity index (χ3v) is 7.40. The summed E-state index contributed by atoms with van der Waals surface area (Å²) in [7, 11) is 3.47. The summed E-state index contributed by atoms with van der Waals surface area (Å²) in [5.41, 5.74) is 8.96. The molecule has 3 N–H and O–H groups in total. The van der Waals surface area contributed by atoms with Gasteiger partial charge in [-0.15, -0.1) is 0 Å². The fourth-order valence-electron chi connectivity index (χ4n) is 4.88. The summed E-state index contributed by atoms with van der Waals surface area (Å²) in [4.78, 5) is 23.8. The number of hydrogen-bond acceptors (Lipinski definition) is 6. The van der Waals surface area contributed by atoms with Crippen LogP contribution in [0.4, 0.5) is 5.82 Å². The number of pyridine rings is 2. The van der Waals surface area contributed by atoms with E-state index in [9.17, 15) is 4.79 Å². The molecule has 5 rings (SSSR count). The molecule has 0 bridgehead atoms. The molecule has 36 heavy (non-hydrogen) atoms. The molecule has 0 unspecified atom stereocenters. The summed E-state index contributed by atoms with van der Waals surface area (Å²) < 4.78 is 1.71. The number of fused-ring (bicyclic) bond motifs is 1. The first-order chi connectivity index (χ1) is 17.4. The highest BCUT2D eigenvalue weighted by Gasteiger charge is 2.29. The van der Waals surface area contributed by atoms with Crippen LogP contribution in [0.2, 0.25) is 10.0 Å². The molecule has 1 fully saturated rings. The predicted molar refractivity (Wildman–Crippen MR) is 144 cm³/mol. The van der Waals surface area contributed by atoms with E-state index < -0.39 is 6.04 Å². The van der Waals surface area contributed by atoms with Gasteiger partial charge in [-0.1, -0.05) is 41.4 Å². The molecule has 1 aliphatic heterocycles. The van der Waals surface area contributed by atoms with Crippen molar-refractivity contribution < 1.29 is 4.79 Å². The minimum atomic E-state index is -0.490. The number of piperidine rings is 1. The van der Waals surface area contributed by atoms with Crippen molar-refractivity contribution in [3.05, 3.63) is 58.8 Å². The SMILES string of the molecule is CNC(=O)[C@@H](N)C1CCN(c2nccc3c(-c4nc(-c5ccn(C)n5)c(Cl)cc4Cl)cccc23)CC1. The zero-order valence-corrected chi connectivity index (χ0v) is 21.6. The Kier molecular flexibility index (Phi) is 6.83. The second-order valence-electron chi connectivity index (χ2n) is 9.02. The second kappa shape index (κ2) is 10.0. The van der Waals surface area contributed by atoms with Crippen LogP contribution in [-0.4, -0.2) is 51.8 Å². The Morgan fingerprint density at radius 2 is 1.86 bits per heavy atom. The van der Waals surface area contributed by atoms with Gasteiger partial charge in [0, 0.05) is 50.5 Å². The molecule has 1 amide bonds. The zero-order valence-electron chi connectivity index (χ0n) is 20.1. The average Bonchev–Trinajstić information content (AvgIpc) is 3.33. The summed E-state index contributed by atoms with van der Waals surface area (Å²) >= 11 is 13.2.